The van der Waals surface area contributed by atoms with Gasteiger partial charge in [-0.05, 0) is 42.5 Å². The van der Waals surface area contributed by atoms with Crippen LogP contribution in [0.1, 0.15) is 32.7 Å². The highest BCUT2D eigenvalue weighted by Gasteiger charge is 2.23. The molecule has 0 radical (unpaired) electrons. The predicted octanol–water partition coefficient (Wildman–Crippen LogP) is 2.93. The van der Waals surface area contributed by atoms with Crippen LogP contribution in [0.15, 0.2) is 48.8 Å². The number of carbonyl (C=O) groups excluding carboxylic acids is 2. The fourth-order valence-electron chi connectivity index (χ4n) is 3.09. The molecule has 2 heterocycles. The molecule has 0 N–H and O–H groups in total. The molecule has 1 aliphatic rings. The maximum atomic E-state index is 12.8. The topological polar surface area (TPSA) is 53.5 Å². The van der Waals surface area contributed by atoms with E-state index in [0.717, 1.165) is 12.2 Å². The Labute approximate surface area is 158 Å². The van der Waals surface area contributed by atoms with E-state index in [1.807, 2.05) is 34.1 Å². The van der Waals surface area contributed by atoms with E-state index >= 15 is 0 Å². The fourth-order valence-corrected chi connectivity index (χ4v) is 3.62. The summed E-state index contributed by atoms with van der Waals surface area (Å²) in [6.45, 7) is 2.45. The lowest BCUT2D eigenvalue weighted by atomic mass is 10.1. The third-order valence-electron chi connectivity index (χ3n) is 4.51. The molecule has 136 valence electrons. The highest BCUT2D eigenvalue weighted by Crippen LogP contribution is 2.14. The van der Waals surface area contributed by atoms with Gasteiger partial charge >= 0.3 is 0 Å². The number of hydrogen-bond acceptors (Lipinski definition) is 4. The molecule has 1 aliphatic heterocycles. The molecular formula is C20H23N3O2S. The summed E-state index contributed by atoms with van der Waals surface area (Å²) >= 11 is 1.76. The summed E-state index contributed by atoms with van der Waals surface area (Å²) in [6.07, 6.45) is 6.10. The van der Waals surface area contributed by atoms with Gasteiger partial charge in [0.15, 0.2) is 0 Å². The van der Waals surface area contributed by atoms with Gasteiger partial charge in [0.05, 0.1) is 0 Å². The summed E-state index contributed by atoms with van der Waals surface area (Å²) in [5.41, 5.74) is 2.58. The van der Waals surface area contributed by atoms with E-state index < -0.39 is 0 Å². The normalized spacial score (nSPS) is 14.8. The van der Waals surface area contributed by atoms with Gasteiger partial charge in [-0.1, -0.05) is 12.1 Å². The van der Waals surface area contributed by atoms with E-state index in [0.29, 0.717) is 37.3 Å². The number of benzene rings is 1. The van der Waals surface area contributed by atoms with Crippen molar-refractivity contribution in [2.24, 2.45) is 0 Å². The van der Waals surface area contributed by atoms with Gasteiger partial charge in [0.2, 0.25) is 0 Å². The number of hydrogen-bond donors (Lipinski definition) is 0. The molecule has 0 atom stereocenters. The van der Waals surface area contributed by atoms with Crippen LogP contribution in [0.3, 0.4) is 0 Å². The van der Waals surface area contributed by atoms with Gasteiger partial charge in [-0.25, -0.2) is 0 Å². The second kappa shape index (κ2) is 8.85. The number of carbonyl (C=O) groups is 2. The second-order valence-corrected chi connectivity index (χ2v) is 7.17. The molecule has 5 nitrogen and oxygen atoms in total. The minimum absolute atomic E-state index is 0.00289. The Balaban J connectivity index is 1.62. The standard InChI is InChI=1S/C20H23N3O2S/c1-26-15-16-3-5-17(6-4-16)19(24)22-11-2-12-23(14-13-22)20(25)18-7-9-21-10-8-18/h3-10H,2,11-15H2,1H3. The van der Waals surface area contributed by atoms with Crippen molar-refractivity contribution in [3.05, 3.63) is 65.5 Å². The number of pyridine rings is 1. The van der Waals surface area contributed by atoms with E-state index in [1.54, 1.807) is 36.3 Å². The van der Waals surface area contributed by atoms with Gasteiger partial charge in [-0.2, -0.15) is 11.8 Å². The van der Waals surface area contributed by atoms with Crippen molar-refractivity contribution in [2.75, 3.05) is 32.4 Å². The van der Waals surface area contributed by atoms with E-state index in [1.165, 1.54) is 5.56 Å². The minimum Gasteiger partial charge on any atom is -0.337 e. The quantitative estimate of drug-likeness (QED) is 0.832. The first-order valence-corrected chi connectivity index (χ1v) is 10.1. The Morgan fingerprint density at radius 3 is 1.96 bits per heavy atom. The molecular weight excluding hydrogens is 346 g/mol. The highest BCUT2D eigenvalue weighted by atomic mass is 32.2. The Hall–Kier alpha value is -2.34. The van der Waals surface area contributed by atoms with Crippen LogP contribution < -0.4 is 0 Å². The Morgan fingerprint density at radius 2 is 1.42 bits per heavy atom. The lowest BCUT2D eigenvalue weighted by Crippen LogP contribution is -2.37. The Bertz CT molecular complexity index is 749. The van der Waals surface area contributed by atoms with E-state index in [4.69, 9.17) is 0 Å². The molecule has 0 unspecified atom stereocenters. The molecule has 1 fully saturated rings. The molecule has 1 saturated heterocycles. The van der Waals surface area contributed by atoms with Crippen LogP contribution in [-0.4, -0.2) is 59.0 Å². The molecule has 26 heavy (non-hydrogen) atoms. The summed E-state index contributed by atoms with van der Waals surface area (Å²) in [7, 11) is 0. The predicted molar refractivity (Wildman–Crippen MR) is 104 cm³/mol. The van der Waals surface area contributed by atoms with E-state index in [2.05, 4.69) is 11.2 Å². The monoisotopic (exact) mass is 369 g/mol. The smallest absolute Gasteiger partial charge is 0.254 e. The van der Waals surface area contributed by atoms with Crippen molar-refractivity contribution < 1.29 is 9.59 Å². The lowest BCUT2D eigenvalue weighted by Gasteiger charge is -2.22. The van der Waals surface area contributed by atoms with Gasteiger partial charge < -0.3 is 9.80 Å². The van der Waals surface area contributed by atoms with Crippen LogP contribution in [0.5, 0.6) is 0 Å². The first-order valence-electron chi connectivity index (χ1n) is 8.75. The minimum atomic E-state index is 0.00289. The first kappa shape index (κ1) is 18.5. The van der Waals surface area contributed by atoms with Gasteiger partial charge in [-0.3, -0.25) is 14.6 Å². The SMILES string of the molecule is CSCc1ccc(C(=O)N2CCCN(C(=O)c3ccncc3)CC2)cc1. The van der Waals surface area contributed by atoms with Crippen molar-refractivity contribution in [1.82, 2.24) is 14.8 Å². The summed E-state index contributed by atoms with van der Waals surface area (Å²) in [6, 6.07) is 11.3. The molecule has 0 aliphatic carbocycles. The van der Waals surface area contributed by atoms with E-state index in [9.17, 15) is 9.59 Å². The Morgan fingerprint density at radius 1 is 0.885 bits per heavy atom. The first-order chi connectivity index (χ1) is 12.7. The maximum Gasteiger partial charge on any atom is 0.254 e. The number of rotatable bonds is 4. The molecule has 1 aromatic heterocycles. The van der Waals surface area contributed by atoms with Crippen LogP contribution in [0.4, 0.5) is 0 Å². The van der Waals surface area contributed by atoms with Crippen LogP contribution >= 0.6 is 11.8 Å². The molecule has 0 saturated carbocycles. The van der Waals surface area contributed by atoms with Crippen molar-refractivity contribution >= 4 is 23.6 Å². The number of aromatic nitrogens is 1. The number of amides is 2. The van der Waals surface area contributed by atoms with Gasteiger partial charge in [0.1, 0.15) is 0 Å². The van der Waals surface area contributed by atoms with Crippen molar-refractivity contribution in [3.8, 4) is 0 Å². The van der Waals surface area contributed by atoms with Crippen molar-refractivity contribution in [1.29, 1.82) is 0 Å². The average Bonchev–Trinajstić information content (AvgIpc) is 2.95. The molecule has 3 rings (SSSR count). The van der Waals surface area contributed by atoms with Crippen LogP contribution in [-0.2, 0) is 5.75 Å². The summed E-state index contributed by atoms with van der Waals surface area (Å²) < 4.78 is 0. The summed E-state index contributed by atoms with van der Waals surface area (Å²) in [5, 5.41) is 0. The molecule has 2 amide bonds. The highest BCUT2D eigenvalue weighted by molar-refractivity contribution is 7.97. The van der Waals surface area contributed by atoms with Crippen LogP contribution in [0, 0.1) is 0 Å². The van der Waals surface area contributed by atoms with E-state index in [-0.39, 0.29) is 11.8 Å². The Kier molecular flexibility index (Phi) is 6.28. The van der Waals surface area contributed by atoms with Crippen molar-refractivity contribution in [3.63, 3.8) is 0 Å². The molecule has 6 heteroatoms. The van der Waals surface area contributed by atoms with Crippen molar-refractivity contribution in [2.45, 2.75) is 12.2 Å². The van der Waals surface area contributed by atoms with Gasteiger partial charge in [-0.15, -0.1) is 0 Å². The second-order valence-electron chi connectivity index (χ2n) is 6.30. The summed E-state index contributed by atoms with van der Waals surface area (Å²) in [5.74, 6) is 0.992. The van der Waals surface area contributed by atoms with Gasteiger partial charge in [0, 0.05) is 55.5 Å². The van der Waals surface area contributed by atoms with Crippen LogP contribution in [0.2, 0.25) is 0 Å². The average molecular weight is 369 g/mol. The molecule has 0 spiro atoms. The third kappa shape index (κ3) is 4.43. The summed E-state index contributed by atoms with van der Waals surface area (Å²) in [4.78, 5) is 33.0. The molecule has 0 bridgehead atoms. The third-order valence-corrected chi connectivity index (χ3v) is 5.13. The zero-order valence-electron chi connectivity index (χ0n) is 14.9. The number of nitrogens with zero attached hydrogens (tertiary/aromatic N) is 3. The number of thioether (sulfide) groups is 1. The van der Waals surface area contributed by atoms with Gasteiger partial charge in [0.25, 0.3) is 11.8 Å². The molecule has 1 aromatic carbocycles. The maximum absolute atomic E-state index is 12.8. The molecule has 2 aromatic rings. The lowest BCUT2D eigenvalue weighted by molar-refractivity contribution is 0.0718. The van der Waals surface area contributed by atoms with Crippen LogP contribution in [0.25, 0.3) is 0 Å². The zero-order chi connectivity index (χ0) is 18.4. The largest absolute Gasteiger partial charge is 0.337 e. The fraction of sp³-hybridized carbons (Fsp3) is 0.350. The zero-order valence-corrected chi connectivity index (χ0v) is 15.7.